The summed E-state index contributed by atoms with van der Waals surface area (Å²) < 4.78 is 5.01. The highest BCUT2D eigenvalue weighted by Gasteiger charge is 2.70. The Balaban J connectivity index is 1.28. The summed E-state index contributed by atoms with van der Waals surface area (Å²) in [5, 5.41) is 4.99. The molecule has 2 aromatic rings. The molecule has 0 spiro atoms. The fraction of sp³-hybridized carbons (Fsp3) is 0.360. The van der Waals surface area contributed by atoms with Crippen molar-refractivity contribution in [3.05, 3.63) is 64.7 Å². The zero-order chi connectivity index (χ0) is 22.9. The molecule has 4 aliphatic rings. The second kappa shape index (κ2) is 7.42. The van der Waals surface area contributed by atoms with E-state index < -0.39 is 11.9 Å². The molecule has 1 saturated heterocycles. The smallest absolute Gasteiger partial charge is 0.338 e. The van der Waals surface area contributed by atoms with Crippen molar-refractivity contribution < 1.29 is 24.0 Å². The van der Waals surface area contributed by atoms with Crippen molar-refractivity contribution in [2.24, 2.45) is 34.7 Å². The lowest BCUT2D eigenvalue weighted by Crippen LogP contribution is -2.41. The summed E-state index contributed by atoms with van der Waals surface area (Å²) in [6.45, 7) is 2.02. The minimum Gasteiger partial charge on any atom is -0.462 e. The van der Waals surface area contributed by atoms with E-state index in [4.69, 9.17) is 21.2 Å². The standard InChI is InChI=1S/C25H21ClN2O5/c1-2-32-25(31)13-5-9-15(10-6-13)28-23(29)18-16-11-17(19(18)24(28)30)22-20(16)21(27-33-22)12-3-7-14(26)8-4-12/h3-10,16-20,22H,2,11H2,1H3. The first-order valence-electron chi connectivity index (χ1n) is 11.1. The van der Waals surface area contributed by atoms with E-state index in [0.717, 1.165) is 17.7 Å². The number of hydrogen-bond donors (Lipinski definition) is 0. The maximum absolute atomic E-state index is 13.5. The number of rotatable bonds is 4. The highest BCUT2D eigenvalue weighted by molar-refractivity contribution is 6.30. The van der Waals surface area contributed by atoms with Gasteiger partial charge in [0.15, 0.2) is 0 Å². The van der Waals surface area contributed by atoms with Gasteiger partial charge in [0, 0.05) is 16.9 Å². The Hall–Kier alpha value is -3.19. The van der Waals surface area contributed by atoms with Gasteiger partial charge in [-0.1, -0.05) is 28.9 Å². The molecule has 0 radical (unpaired) electrons. The number of oxime groups is 1. The molecule has 2 bridgehead atoms. The normalized spacial score (nSPS) is 31.3. The van der Waals surface area contributed by atoms with Crippen LogP contribution in [0.1, 0.15) is 29.3 Å². The third-order valence-corrected chi connectivity index (χ3v) is 7.72. The molecular weight excluding hydrogens is 444 g/mol. The molecule has 6 rings (SSSR count). The third-order valence-electron chi connectivity index (χ3n) is 7.47. The minimum atomic E-state index is -0.433. The van der Waals surface area contributed by atoms with Gasteiger partial charge in [0.25, 0.3) is 0 Å². The maximum Gasteiger partial charge on any atom is 0.338 e. The van der Waals surface area contributed by atoms with Crippen molar-refractivity contribution in [3.63, 3.8) is 0 Å². The monoisotopic (exact) mass is 464 g/mol. The molecule has 2 aliphatic heterocycles. The number of anilines is 1. The second-order valence-electron chi connectivity index (χ2n) is 8.97. The van der Waals surface area contributed by atoms with E-state index in [1.165, 1.54) is 4.90 Å². The lowest BCUT2D eigenvalue weighted by Gasteiger charge is -2.29. The van der Waals surface area contributed by atoms with Gasteiger partial charge in [0.2, 0.25) is 11.8 Å². The van der Waals surface area contributed by atoms with Crippen LogP contribution in [0.15, 0.2) is 53.7 Å². The first kappa shape index (κ1) is 20.4. The number of carbonyl (C=O) groups excluding carboxylic acids is 3. The van der Waals surface area contributed by atoms with Crippen molar-refractivity contribution >= 4 is 40.8 Å². The Bertz CT molecular complexity index is 1190. The molecule has 2 heterocycles. The van der Waals surface area contributed by atoms with E-state index in [9.17, 15) is 14.4 Å². The number of fused-ring (bicyclic) bond motifs is 8. The Morgan fingerprint density at radius 3 is 2.36 bits per heavy atom. The van der Waals surface area contributed by atoms with Gasteiger partial charge in [-0.2, -0.15) is 0 Å². The fourth-order valence-corrected chi connectivity index (χ4v) is 6.33. The average Bonchev–Trinajstić information content (AvgIpc) is 3.55. The summed E-state index contributed by atoms with van der Waals surface area (Å²) in [6.07, 6.45) is 0.592. The summed E-state index contributed by atoms with van der Waals surface area (Å²) in [5.41, 5.74) is 2.62. The number of amides is 2. The van der Waals surface area contributed by atoms with Gasteiger partial charge in [0.05, 0.1) is 35.4 Å². The van der Waals surface area contributed by atoms with Gasteiger partial charge in [-0.3, -0.25) is 14.5 Å². The average molecular weight is 465 g/mol. The van der Waals surface area contributed by atoms with Gasteiger partial charge in [-0.25, -0.2) is 4.79 Å². The molecule has 2 saturated carbocycles. The summed E-state index contributed by atoms with van der Waals surface area (Å²) >= 11 is 6.03. The largest absolute Gasteiger partial charge is 0.462 e. The summed E-state index contributed by atoms with van der Waals surface area (Å²) in [4.78, 5) is 45.9. The van der Waals surface area contributed by atoms with Crippen LogP contribution in [0.25, 0.3) is 0 Å². The van der Waals surface area contributed by atoms with Crippen LogP contribution in [0.3, 0.4) is 0 Å². The Morgan fingerprint density at radius 2 is 1.70 bits per heavy atom. The van der Waals surface area contributed by atoms with Gasteiger partial charge in [0.1, 0.15) is 6.10 Å². The molecular formula is C25H21ClN2O5. The van der Waals surface area contributed by atoms with Crippen molar-refractivity contribution in [2.75, 3.05) is 11.5 Å². The number of esters is 1. The molecule has 33 heavy (non-hydrogen) atoms. The molecule has 2 aromatic carbocycles. The zero-order valence-electron chi connectivity index (χ0n) is 17.8. The summed E-state index contributed by atoms with van der Waals surface area (Å²) in [5.74, 6) is -1.63. The molecule has 2 amide bonds. The Kier molecular flexibility index (Phi) is 4.59. The van der Waals surface area contributed by atoms with Crippen molar-refractivity contribution in [1.29, 1.82) is 0 Å². The quantitative estimate of drug-likeness (QED) is 0.509. The van der Waals surface area contributed by atoms with Gasteiger partial charge in [-0.15, -0.1) is 0 Å². The van der Waals surface area contributed by atoms with Crippen molar-refractivity contribution in [1.82, 2.24) is 0 Å². The van der Waals surface area contributed by atoms with Crippen molar-refractivity contribution in [3.8, 4) is 0 Å². The van der Waals surface area contributed by atoms with Gasteiger partial charge < -0.3 is 9.57 Å². The van der Waals surface area contributed by atoms with Crippen LogP contribution in [0.4, 0.5) is 5.69 Å². The van der Waals surface area contributed by atoms with Crippen LogP contribution in [-0.2, 0) is 19.2 Å². The molecule has 2 aliphatic carbocycles. The lowest BCUT2D eigenvalue weighted by molar-refractivity contribution is -0.125. The summed E-state index contributed by atoms with van der Waals surface area (Å²) in [7, 11) is 0. The molecule has 3 fully saturated rings. The van der Waals surface area contributed by atoms with Gasteiger partial charge >= 0.3 is 5.97 Å². The molecule has 8 heteroatoms. The van der Waals surface area contributed by atoms with E-state index in [-0.39, 0.29) is 48.2 Å². The number of halogens is 1. The van der Waals surface area contributed by atoms with Crippen LogP contribution in [-0.4, -0.2) is 36.2 Å². The van der Waals surface area contributed by atoms with E-state index in [1.54, 1.807) is 31.2 Å². The molecule has 168 valence electrons. The second-order valence-corrected chi connectivity index (χ2v) is 9.41. The number of benzene rings is 2. The van der Waals surface area contributed by atoms with Crippen LogP contribution < -0.4 is 4.90 Å². The Morgan fingerprint density at radius 1 is 1.03 bits per heavy atom. The zero-order valence-corrected chi connectivity index (χ0v) is 18.6. The van der Waals surface area contributed by atoms with Crippen molar-refractivity contribution in [2.45, 2.75) is 19.4 Å². The molecule has 6 unspecified atom stereocenters. The fourth-order valence-electron chi connectivity index (χ4n) is 6.20. The number of hydrogen-bond acceptors (Lipinski definition) is 6. The SMILES string of the molecule is CCOC(=O)c1ccc(N2C(=O)C3C4CC(C5C(c6ccc(Cl)cc6)=NOC45)C3C2=O)cc1. The topological polar surface area (TPSA) is 85.3 Å². The summed E-state index contributed by atoms with van der Waals surface area (Å²) in [6, 6.07) is 13.9. The highest BCUT2D eigenvalue weighted by atomic mass is 35.5. The number of nitrogens with zero attached hydrogens (tertiary/aromatic N) is 2. The first-order valence-corrected chi connectivity index (χ1v) is 11.5. The third kappa shape index (κ3) is 2.88. The van der Waals surface area contributed by atoms with E-state index in [2.05, 4.69) is 5.16 Å². The number of ether oxygens (including phenoxy) is 1. The van der Waals surface area contributed by atoms with Crippen LogP contribution in [0.2, 0.25) is 5.02 Å². The molecule has 6 atom stereocenters. The van der Waals surface area contributed by atoms with Crippen LogP contribution in [0, 0.1) is 29.6 Å². The van der Waals surface area contributed by atoms with Gasteiger partial charge in [-0.05, 0) is 61.2 Å². The number of imide groups is 1. The van der Waals surface area contributed by atoms with Crippen LogP contribution in [0.5, 0.6) is 0 Å². The van der Waals surface area contributed by atoms with E-state index in [1.807, 2.05) is 24.3 Å². The lowest BCUT2D eigenvalue weighted by atomic mass is 9.71. The molecule has 0 aromatic heterocycles. The Labute approximate surface area is 195 Å². The maximum atomic E-state index is 13.5. The number of carbonyl (C=O) groups is 3. The van der Waals surface area contributed by atoms with E-state index >= 15 is 0 Å². The highest BCUT2D eigenvalue weighted by Crippen LogP contribution is 2.62. The molecule has 7 nitrogen and oxygen atoms in total. The van der Waals surface area contributed by atoms with E-state index in [0.29, 0.717) is 16.3 Å². The van der Waals surface area contributed by atoms with Crippen LogP contribution >= 0.6 is 11.6 Å². The minimum absolute atomic E-state index is 0.00202. The first-order chi connectivity index (χ1) is 16.0. The predicted octanol–water partition coefficient (Wildman–Crippen LogP) is 3.69. The predicted molar refractivity (Wildman–Crippen MR) is 120 cm³/mol. The molecule has 0 N–H and O–H groups in total.